The van der Waals surface area contributed by atoms with E-state index in [1.54, 1.807) is 0 Å². The van der Waals surface area contributed by atoms with Crippen LogP contribution in [0.3, 0.4) is 0 Å². The van der Waals surface area contributed by atoms with Gasteiger partial charge in [-0.1, -0.05) is 40.2 Å². The molecule has 2 aromatic carbocycles. The van der Waals surface area contributed by atoms with Gasteiger partial charge in [0.05, 0.1) is 0 Å². The molecule has 2 aromatic rings. The minimum Gasteiger partial charge on any atom is -0.544 e. The molecule has 0 radical (unpaired) electrons. The van der Waals surface area contributed by atoms with Gasteiger partial charge in [0.15, 0.2) is 0 Å². The fraction of sp³-hybridized carbons (Fsp3) is 0.231. The molecule has 0 aliphatic carbocycles. The van der Waals surface area contributed by atoms with Crippen LogP contribution < -0.4 is 4.43 Å². The van der Waals surface area contributed by atoms with E-state index in [-0.39, 0.29) is 0 Å². The van der Waals surface area contributed by atoms with Gasteiger partial charge in [0.2, 0.25) is 8.32 Å². The van der Waals surface area contributed by atoms with Gasteiger partial charge >= 0.3 is 0 Å². The summed E-state index contributed by atoms with van der Waals surface area (Å²) in [5, 5.41) is 2.39. The Balaban J connectivity index is 2.58. The molecule has 0 unspecified atom stereocenters. The van der Waals surface area contributed by atoms with Crippen molar-refractivity contribution in [3.8, 4) is 5.75 Å². The van der Waals surface area contributed by atoms with E-state index in [4.69, 9.17) is 4.43 Å². The van der Waals surface area contributed by atoms with Crippen LogP contribution in [0.2, 0.25) is 19.6 Å². The molecule has 0 aliphatic rings. The second kappa shape index (κ2) is 4.22. The largest absolute Gasteiger partial charge is 0.544 e. The molecular weight excluding hydrogens is 280 g/mol. The zero-order valence-corrected chi connectivity index (χ0v) is 12.3. The third-order valence-corrected chi connectivity index (χ3v) is 3.77. The van der Waals surface area contributed by atoms with E-state index in [1.165, 1.54) is 10.8 Å². The van der Waals surface area contributed by atoms with Gasteiger partial charge in [-0.3, -0.25) is 0 Å². The quantitative estimate of drug-likeness (QED) is 0.722. The van der Waals surface area contributed by atoms with Gasteiger partial charge in [0.25, 0.3) is 0 Å². The summed E-state index contributed by atoms with van der Waals surface area (Å²) in [6.07, 6.45) is 0. The molecule has 0 amide bonds. The first kappa shape index (κ1) is 11.7. The molecule has 0 atom stereocenters. The molecule has 0 saturated carbocycles. The molecule has 0 N–H and O–H groups in total. The Morgan fingerprint density at radius 3 is 2.25 bits per heavy atom. The predicted octanol–water partition coefficient (Wildman–Crippen LogP) is 4.82. The molecule has 0 aliphatic heterocycles. The summed E-state index contributed by atoms with van der Waals surface area (Å²) in [5.74, 6) is 0.998. The Hall–Kier alpha value is -0.803. The fourth-order valence-corrected chi connectivity index (χ4v) is 3.00. The van der Waals surface area contributed by atoms with Crippen LogP contribution in [0.5, 0.6) is 5.75 Å². The number of hydrogen-bond acceptors (Lipinski definition) is 1. The molecule has 2 rings (SSSR count). The fourth-order valence-electron chi connectivity index (χ4n) is 1.66. The highest BCUT2D eigenvalue weighted by molar-refractivity contribution is 9.10. The number of fused-ring (bicyclic) bond motifs is 1. The van der Waals surface area contributed by atoms with Crippen molar-refractivity contribution in [1.82, 2.24) is 0 Å². The molecule has 16 heavy (non-hydrogen) atoms. The molecule has 0 spiro atoms. The number of halogens is 1. The Bertz CT molecular complexity index is 517. The highest BCUT2D eigenvalue weighted by atomic mass is 79.9. The normalized spacial score (nSPS) is 11.8. The van der Waals surface area contributed by atoms with Crippen molar-refractivity contribution < 1.29 is 4.43 Å². The summed E-state index contributed by atoms with van der Waals surface area (Å²) in [7, 11) is -1.55. The minimum absolute atomic E-state index is 0.998. The number of hydrogen-bond donors (Lipinski definition) is 0. The van der Waals surface area contributed by atoms with Gasteiger partial charge < -0.3 is 4.43 Å². The van der Waals surface area contributed by atoms with E-state index in [1.807, 2.05) is 18.2 Å². The predicted molar refractivity (Wildman–Crippen MR) is 75.6 cm³/mol. The van der Waals surface area contributed by atoms with Crippen LogP contribution in [0, 0.1) is 0 Å². The lowest BCUT2D eigenvalue weighted by atomic mass is 10.1. The Kier molecular flexibility index (Phi) is 3.08. The number of rotatable bonds is 2. The average molecular weight is 295 g/mol. The van der Waals surface area contributed by atoms with Crippen molar-refractivity contribution in [3.05, 3.63) is 40.9 Å². The minimum atomic E-state index is -1.55. The van der Waals surface area contributed by atoms with Crippen molar-refractivity contribution >= 4 is 35.0 Å². The van der Waals surface area contributed by atoms with E-state index in [9.17, 15) is 0 Å². The number of benzene rings is 2. The van der Waals surface area contributed by atoms with Gasteiger partial charge in [-0.25, -0.2) is 0 Å². The summed E-state index contributed by atoms with van der Waals surface area (Å²) in [5.41, 5.74) is 0. The van der Waals surface area contributed by atoms with Crippen molar-refractivity contribution in [3.63, 3.8) is 0 Å². The monoisotopic (exact) mass is 294 g/mol. The topological polar surface area (TPSA) is 9.23 Å². The SMILES string of the molecule is C[Si](C)(C)Oc1cccc2c(Br)cccc12. The van der Waals surface area contributed by atoms with Gasteiger partial charge in [0.1, 0.15) is 5.75 Å². The summed E-state index contributed by atoms with van der Waals surface area (Å²) in [6, 6.07) is 12.4. The third kappa shape index (κ3) is 2.47. The smallest absolute Gasteiger partial charge is 0.242 e. The summed E-state index contributed by atoms with van der Waals surface area (Å²) >= 11 is 3.57. The van der Waals surface area contributed by atoms with Crippen LogP contribution in [0.25, 0.3) is 10.8 Å². The van der Waals surface area contributed by atoms with Crippen LogP contribution in [0.15, 0.2) is 40.9 Å². The second-order valence-electron chi connectivity index (χ2n) is 4.81. The Labute approximate surface area is 106 Å². The zero-order valence-electron chi connectivity index (χ0n) is 9.75. The van der Waals surface area contributed by atoms with E-state index >= 15 is 0 Å². The van der Waals surface area contributed by atoms with E-state index in [2.05, 4.69) is 53.8 Å². The highest BCUT2D eigenvalue weighted by Gasteiger charge is 2.17. The van der Waals surface area contributed by atoms with Crippen LogP contribution in [-0.2, 0) is 0 Å². The first-order valence-electron chi connectivity index (χ1n) is 5.34. The molecule has 0 aromatic heterocycles. The van der Waals surface area contributed by atoms with Crippen LogP contribution >= 0.6 is 15.9 Å². The molecule has 84 valence electrons. The summed E-state index contributed by atoms with van der Waals surface area (Å²) in [6.45, 7) is 6.59. The van der Waals surface area contributed by atoms with E-state index in [0.717, 1.165) is 10.2 Å². The lowest BCUT2D eigenvalue weighted by molar-refractivity contribution is 0.564. The van der Waals surface area contributed by atoms with Gasteiger partial charge in [0, 0.05) is 9.86 Å². The first-order chi connectivity index (χ1) is 7.47. The van der Waals surface area contributed by atoms with Crippen LogP contribution in [0.1, 0.15) is 0 Å². The first-order valence-corrected chi connectivity index (χ1v) is 9.54. The molecule has 3 heteroatoms. The second-order valence-corrected chi connectivity index (χ2v) is 10.1. The maximum Gasteiger partial charge on any atom is 0.242 e. The molecule has 0 fully saturated rings. The maximum absolute atomic E-state index is 6.09. The Morgan fingerprint density at radius 1 is 0.938 bits per heavy atom. The molecular formula is C13H15BrOSi. The van der Waals surface area contributed by atoms with Crippen molar-refractivity contribution in [2.24, 2.45) is 0 Å². The van der Waals surface area contributed by atoms with Crippen LogP contribution in [0.4, 0.5) is 0 Å². The molecule has 0 heterocycles. The van der Waals surface area contributed by atoms with Crippen molar-refractivity contribution in [1.29, 1.82) is 0 Å². The van der Waals surface area contributed by atoms with Gasteiger partial charge in [-0.2, -0.15) is 0 Å². The molecule has 0 saturated heterocycles. The van der Waals surface area contributed by atoms with E-state index in [0.29, 0.717) is 0 Å². The average Bonchev–Trinajstić information content (AvgIpc) is 2.17. The molecule has 0 bridgehead atoms. The van der Waals surface area contributed by atoms with Gasteiger partial charge in [-0.15, -0.1) is 0 Å². The maximum atomic E-state index is 6.09. The Morgan fingerprint density at radius 2 is 1.56 bits per heavy atom. The lowest BCUT2D eigenvalue weighted by Crippen LogP contribution is -2.29. The zero-order chi connectivity index (χ0) is 11.8. The van der Waals surface area contributed by atoms with Crippen molar-refractivity contribution in [2.75, 3.05) is 0 Å². The van der Waals surface area contributed by atoms with E-state index < -0.39 is 8.32 Å². The van der Waals surface area contributed by atoms with Crippen molar-refractivity contribution in [2.45, 2.75) is 19.6 Å². The summed E-state index contributed by atoms with van der Waals surface area (Å²) < 4.78 is 7.20. The van der Waals surface area contributed by atoms with Crippen LogP contribution in [-0.4, -0.2) is 8.32 Å². The lowest BCUT2D eigenvalue weighted by Gasteiger charge is -2.20. The standard InChI is InChI=1S/C13H15BrOSi/c1-16(2,3)15-13-9-5-6-10-11(13)7-4-8-12(10)14/h4-9H,1-3H3. The third-order valence-electron chi connectivity index (χ3n) is 2.25. The van der Waals surface area contributed by atoms with Gasteiger partial charge in [-0.05, 0) is 37.2 Å². The molecule has 1 nitrogen and oxygen atoms in total. The summed E-state index contributed by atoms with van der Waals surface area (Å²) in [4.78, 5) is 0. The highest BCUT2D eigenvalue weighted by Crippen LogP contribution is 2.31.